The first-order chi connectivity index (χ1) is 11.6. The van der Waals surface area contributed by atoms with E-state index in [4.69, 9.17) is 0 Å². The quantitative estimate of drug-likeness (QED) is 0.889. The molecule has 0 aliphatic heterocycles. The van der Waals surface area contributed by atoms with Crippen molar-refractivity contribution in [1.29, 1.82) is 0 Å². The largest absolute Gasteiger partial charge is 0.367 e. The summed E-state index contributed by atoms with van der Waals surface area (Å²) in [5.41, 5.74) is 2.22. The van der Waals surface area contributed by atoms with Crippen molar-refractivity contribution in [3.8, 4) is 0 Å². The first kappa shape index (κ1) is 16.4. The molecule has 1 aromatic heterocycles. The van der Waals surface area contributed by atoms with E-state index in [1.165, 1.54) is 19.3 Å². The number of nitrogens with one attached hydrogen (secondary N) is 2. The summed E-state index contributed by atoms with van der Waals surface area (Å²) in [6, 6.07) is 9.91. The fourth-order valence-corrected chi connectivity index (χ4v) is 3.11. The number of para-hydroxylation sites is 1. The van der Waals surface area contributed by atoms with Gasteiger partial charge in [-0.2, -0.15) is 0 Å². The minimum absolute atomic E-state index is 0.207. The van der Waals surface area contributed by atoms with E-state index in [1.807, 2.05) is 38.1 Å². The summed E-state index contributed by atoms with van der Waals surface area (Å²) in [7, 11) is 0. The Hall–Kier alpha value is -2.43. The highest BCUT2D eigenvalue weighted by atomic mass is 16.1. The van der Waals surface area contributed by atoms with Gasteiger partial charge in [0.2, 0.25) is 0 Å². The third kappa shape index (κ3) is 4.10. The van der Waals surface area contributed by atoms with Gasteiger partial charge in [0, 0.05) is 17.8 Å². The molecule has 0 spiro atoms. The third-order valence-electron chi connectivity index (χ3n) is 4.42. The molecule has 1 fully saturated rings. The molecule has 1 saturated carbocycles. The van der Waals surface area contributed by atoms with Crippen LogP contribution in [0.5, 0.6) is 0 Å². The van der Waals surface area contributed by atoms with Crippen molar-refractivity contribution < 1.29 is 4.79 Å². The van der Waals surface area contributed by atoms with Gasteiger partial charge in [-0.05, 0) is 38.3 Å². The Morgan fingerprint density at radius 2 is 1.83 bits per heavy atom. The first-order valence-corrected chi connectivity index (χ1v) is 8.61. The number of hydrogen-bond donors (Lipinski definition) is 2. The second-order valence-electron chi connectivity index (χ2n) is 6.43. The molecule has 1 aliphatic rings. The lowest BCUT2D eigenvalue weighted by molar-refractivity contribution is 0.102. The molecule has 126 valence electrons. The Morgan fingerprint density at radius 1 is 1.08 bits per heavy atom. The topological polar surface area (TPSA) is 66.9 Å². The summed E-state index contributed by atoms with van der Waals surface area (Å²) in [4.78, 5) is 21.3. The van der Waals surface area contributed by atoms with Crippen LogP contribution in [0.4, 0.5) is 11.5 Å². The molecular weight excluding hydrogens is 300 g/mol. The molecule has 3 rings (SSSR count). The molecule has 24 heavy (non-hydrogen) atoms. The Labute approximate surface area is 142 Å². The monoisotopic (exact) mass is 324 g/mol. The molecule has 1 aliphatic carbocycles. The molecular formula is C19H24N4O. The molecule has 2 N–H and O–H groups in total. The third-order valence-corrected chi connectivity index (χ3v) is 4.42. The van der Waals surface area contributed by atoms with Gasteiger partial charge in [-0.3, -0.25) is 4.79 Å². The number of amides is 1. The van der Waals surface area contributed by atoms with Crippen molar-refractivity contribution in [2.45, 2.75) is 52.0 Å². The fourth-order valence-electron chi connectivity index (χ4n) is 3.11. The predicted molar refractivity (Wildman–Crippen MR) is 96.4 cm³/mol. The smallest absolute Gasteiger partial charge is 0.274 e. The standard InChI is InChI=1S/C19H24N4O/c1-13-8-6-7-11-16(13)23-19(24)17-12-18(21-14(2)20-17)22-15-9-4-3-5-10-15/h6-8,11-12,15H,3-5,9-10H2,1-2H3,(H,23,24)(H,20,21,22). The summed E-state index contributed by atoms with van der Waals surface area (Å²) < 4.78 is 0. The van der Waals surface area contributed by atoms with E-state index in [9.17, 15) is 4.79 Å². The van der Waals surface area contributed by atoms with Crippen LogP contribution in [-0.2, 0) is 0 Å². The molecule has 0 radical (unpaired) electrons. The number of aromatic nitrogens is 2. The van der Waals surface area contributed by atoms with Crippen LogP contribution in [0.3, 0.4) is 0 Å². The number of aryl methyl sites for hydroxylation is 2. The Morgan fingerprint density at radius 3 is 2.58 bits per heavy atom. The number of hydrogen-bond acceptors (Lipinski definition) is 4. The van der Waals surface area contributed by atoms with Gasteiger partial charge in [0.1, 0.15) is 17.3 Å². The van der Waals surface area contributed by atoms with Crippen LogP contribution in [0.15, 0.2) is 30.3 Å². The van der Waals surface area contributed by atoms with E-state index in [0.717, 1.165) is 29.9 Å². The van der Waals surface area contributed by atoms with Crippen LogP contribution in [0.25, 0.3) is 0 Å². The second-order valence-corrected chi connectivity index (χ2v) is 6.43. The van der Waals surface area contributed by atoms with Crippen molar-refractivity contribution in [2.24, 2.45) is 0 Å². The van der Waals surface area contributed by atoms with E-state index in [2.05, 4.69) is 20.6 Å². The minimum atomic E-state index is -0.207. The highest BCUT2D eigenvalue weighted by Crippen LogP contribution is 2.21. The lowest BCUT2D eigenvalue weighted by atomic mass is 9.95. The van der Waals surface area contributed by atoms with Gasteiger partial charge in [-0.15, -0.1) is 0 Å². The summed E-state index contributed by atoms with van der Waals surface area (Å²) in [6.07, 6.45) is 6.14. The average Bonchev–Trinajstić information content (AvgIpc) is 2.57. The molecule has 1 amide bonds. The minimum Gasteiger partial charge on any atom is -0.367 e. The van der Waals surface area contributed by atoms with Crippen LogP contribution in [-0.4, -0.2) is 21.9 Å². The van der Waals surface area contributed by atoms with Crippen molar-refractivity contribution in [2.75, 3.05) is 10.6 Å². The molecule has 0 unspecified atom stereocenters. The van der Waals surface area contributed by atoms with E-state index in [0.29, 0.717) is 17.6 Å². The van der Waals surface area contributed by atoms with Crippen LogP contribution < -0.4 is 10.6 Å². The van der Waals surface area contributed by atoms with Crippen molar-refractivity contribution >= 4 is 17.4 Å². The predicted octanol–water partition coefficient (Wildman–Crippen LogP) is 4.09. The number of rotatable bonds is 4. The summed E-state index contributed by atoms with van der Waals surface area (Å²) in [6.45, 7) is 3.79. The summed E-state index contributed by atoms with van der Waals surface area (Å²) in [5, 5.41) is 6.39. The van der Waals surface area contributed by atoms with Crippen LogP contribution >= 0.6 is 0 Å². The zero-order valence-electron chi connectivity index (χ0n) is 14.3. The van der Waals surface area contributed by atoms with Gasteiger partial charge in [0.05, 0.1) is 0 Å². The molecule has 1 heterocycles. The molecule has 0 bridgehead atoms. The summed E-state index contributed by atoms with van der Waals surface area (Å²) >= 11 is 0. The lowest BCUT2D eigenvalue weighted by Crippen LogP contribution is -2.24. The molecule has 0 atom stereocenters. The van der Waals surface area contributed by atoms with E-state index in [1.54, 1.807) is 6.07 Å². The maximum atomic E-state index is 12.5. The van der Waals surface area contributed by atoms with Crippen LogP contribution in [0.1, 0.15) is 54.0 Å². The lowest BCUT2D eigenvalue weighted by Gasteiger charge is -2.23. The van der Waals surface area contributed by atoms with E-state index >= 15 is 0 Å². The number of nitrogens with zero attached hydrogens (tertiary/aromatic N) is 2. The molecule has 5 nitrogen and oxygen atoms in total. The second kappa shape index (κ2) is 7.43. The number of carbonyl (C=O) groups excluding carboxylic acids is 1. The van der Waals surface area contributed by atoms with Crippen molar-refractivity contribution in [1.82, 2.24) is 9.97 Å². The van der Waals surface area contributed by atoms with Gasteiger partial charge in [-0.25, -0.2) is 9.97 Å². The first-order valence-electron chi connectivity index (χ1n) is 8.61. The fraction of sp³-hybridized carbons (Fsp3) is 0.421. The Kier molecular flexibility index (Phi) is 5.08. The van der Waals surface area contributed by atoms with Gasteiger partial charge in [-0.1, -0.05) is 37.5 Å². The molecule has 2 aromatic rings. The van der Waals surface area contributed by atoms with Gasteiger partial charge in [0.15, 0.2) is 0 Å². The Bertz CT molecular complexity index is 723. The van der Waals surface area contributed by atoms with Crippen molar-refractivity contribution in [3.63, 3.8) is 0 Å². The maximum absolute atomic E-state index is 12.5. The van der Waals surface area contributed by atoms with Crippen LogP contribution in [0.2, 0.25) is 0 Å². The highest BCUT2D eigenvalue weighted by molar-refractivity contribution is 6.03. The number of carbonyl (C=O) groups is 1. The zero-order chi connectivity index (χ0) is 16.9. The Balaban J connectivity index is 1.75. The average molecular weight is 324 g/mol. The SMILES string of the molecule is Cc1nc(NC2CCCCC2)cc(C(=O)Nc2ccccc2C)n1. The van der Waals surface area contributed by atoms with Gasteiger partial charge >= 0.3 is 0 Å². The summed E-state index contributed by atoms with van der Waals surface area (Å²) in [5.74, 6) is 1.14. The number of anilines is 2. The maximum Gasteiger partial charge on any atom is 0.274 e. The van der Waals surface area contributed by atoms with Crippen molar-refractivity contribution in [3.05, 3.63) is 47.4 Å². The van der Waals surface area contributed by atoms with Gasteiger partial charge < -0.3 is 10.6 Å². The number of benzene rings is 1. The van der Waals surface area contributed by atoms with E-state index in [-0.39, 0.29) is 5.91 Å². The van der Waals surface area contributed by atoms with Gasteiger partial charge in [0.25, 0.3) is 5.91 Å². The molecule has 0 saturated heterocycles. The normalized spacial score (nSPS) is 15.1. The zero-order valence-corrected chi connectivity index (χ0v) is 14.3. The molecule has 1 aromatic carbocycles. The molecule has 5 heteroatoms. The van der Waals surface area contributed by atoms with E-state index < -0.39 is 0 Å². The highest BCUT2D eigenvalue weighted by Gasteiger charge is 2.16. The van der Waals surface area contributed by atoms with Crippen LogP contribution in [0, 0.1) is 13.8 Å².